The third-order valence-corrected chi connectivity index (χ3v) is 18.4. The molecule has 0 unspecified atom stereocenters. The van der Waals surface area contributed by atoms with Gasteiger partial charge < -0.3 is 36.0 Å². The van der Waals surface area contributed by atoms with E-state index in [0.29, 0.717) is 47.8 Å². The number of carbonyl (C=O) groups is 3. The van der Waals surface area contributed by atoms with Crippen molar-refractivity contribution in [2.24, 2.45) is 0 Å². The molecule has 0 bridgehead atoms. The molecule has 12 aromatic rings. The van der Waals surface area contributed by atoms with E-state index in [4.69, 9.17) is 63.7 Å². The number of piperazine rings is 2. The number of hydrogen-bond donors (Lipinski definition) is 3. The zero-order valence-electron chi connectivity index (χ0n) is 65.7. The Morgan fingerprint density at radius 3 is 1.18 bits per heavy atom. The molecule has 2 aliphatic rings. The fourth-order valence-electron chi connectivity index (χ4n) is 11.0. The van der Waals surface area contributed by atoms with Crippen LogP contribution in [0.4, 0.5) is 111 Å². The average Bonchev–Trinajstić information content (AvgIpc) is 0.788. The van der Waals surface area contributed by atoms with Crippen molar-refractivity contribution < 1.29 is 82.4 Å². The number of nitrogens with zero attached hydrogens (tertiary/aromatic N) is 18. The van der Waals surface area contributed by atoms with E-state index in [1.807, 2.05) is 36.4 Å². The molecule has 0 amide bonds. The molecule has 666 valence electrons. The summed E-state index contributed by atoms with van der Waals surface area (Å²) in [4.78, 5) is 115. The van der Waals surface area contributed by atoms with Crippen molar-refractivity contribution >= 4 is 138 Å². The number of nitrogens with two attached hydrogens (primary N) is 1. The fourth-order valence-corrected chi connectivity index (χ4v) is 11.5. The van der Waals surface area contributed by atoms with Crippen molar-refractivity contribution in [2.75, 3.05) is 92.6 Å². The number of non-ortho nitro benzene ring substituents is 4. The van der Waals surface area contributed by atoms with E-state index in [1.165, 1.54) is 60.7 Å². The largest absolute Gasteiger partial charge is 0.399 e. The summed E-state index contributed by atoms with van der Waals surface area (Å²) in [6.45, 7) is 10.7. The van der Waals surface area contributed by atoms with Crippen molar-refractivity contribution in [2.45, 2.75) is 17.8 Å². The molecule has 0 aliphatic carbocycles. The number of alkyl halides is 6. The Balaban J connectivity index is 0.000000196. The number of nitro benzene ring substituents is 4. The second kappa shape index (κ2) is 45.7. The van der Waals surface area contributed by atoms with E-state index in [9.17, 15) is 94.4 Å². The number of aromatic nitrogens is 10. The van der Waals surface area contributed by atoms with Crippen LogP contribution in [0.15, 0.2) is 213 Å². The molecule has 2 aliphatic heterocycles. The minimum atomic E-state index is -3.90. The lowest BCUT2D eigenvalue weighted by Gasteiger charge is -2.34. The van der Waals surface area contributed by atoms with Gasteiger partial charge >= 0.3 is 17.8 Å². The van der Waals surface area contributed by atoms with E-state index in [-0.39, 0.29) is 50.2 Å². The smallest absolute Gasteiger partial charge is 0.318 e. The van der Waals surface area contributed by atoms with E-state index in [1.54, 1.807) is 12.1 Å². The first kappa shape index (κ1) is 99.3. The fraction of sp³-hybridized carbons (Fsp3) is 0.163. The molecule has 2 saturated heterocycles. The van der Waals surface area contributed by atoms with Gasteiger partial charge in [-0.05, 0) is 127 Å². The number of nitrogen functional groups attached to an aromatic ring is 1. The zero-order valence-corrected chi connectivity index (χ0v) is 69.5. The van der Waals surface area contributed by atoms with Crippen LogP contribution in [0.3, 0.4) is 0 Å². The molecule has 0 saturated carbocycles. The number of allylic oxidation sites excluding steroid dienone is 1. The summed E-state index contributed by atoms with van der Waals surface area (Å²) in [5.74, 6) is -18.0. The highest BCUT2D eigenvalue weighted by molar-refractivity contribution is 6.66. The van der Waals surface area contributed by atoms with Gasteiger partial charge in [0.1, 0.15) is 6.29 Å². The normalized spacial score (nSPS) is 12.5. The Hall–Kier alpha value is -14.1. The first-order valence-electron chi connectivity index (χ1n) is 36.3. The van der Waals surface area contributed by atoms with Gasteiger partial charge in [0.25, 0.3) is 22.7 Å². The van der Waals surface area contributed by atoms with E-state index in [0.717, 1.165) is 137 Å². The Morgan fingerprint density at radius 1 is 0.445 bits per heavy atom. The summed E-state index contributed by atoms with van der Waals surface area (Å²) in [7, 11) is 4.17. The summed E-state index contributed by atoms with van der Waals surface area (Å²) in [5.41, 5.74) is 2.01. The molecule has 7 aromatic carbocycles. The molecular formula is C80H63Cl5F11N21O11. The van der Waals surface area contributed by atoms with Crippen LogP contribution in [-0.4, -0.2) is 163 Å². The Kier molecular flexibility index (Phi) is 35.4. The molecule has 32 nitrogen and oxygen atoms in total. The van der Waals surface area contributed by atoms with Gasteiger partial charge in [0.2, 0.25) is 38.8 Å². The maximum atomic E-state index is 15.0. The number of anilines is 7. The number of hydrogen-bond acceptors (Lipinski definition) is 28. The van der Waals surface area contributed by atoms with Crippen molar-refractivity contribution in [3.8, 4) is 0 Å². The summed E-state index contributed by atoms with van der Waals surface area (Å²) in [6.07, 6.45) is 5.19. The average molecular weight is 1880 g/mol. The summed E-state index contributed by atoms with van der Waals surface area (Å²) >= 11 is 26.0. The topological polar surface area (TPSA) is 416 Å². The van der Waals surface area contributed by atoms with Crippen LogP contribution >= 0.6 is 58.0 Å². The lowest BCUT2D eigenvalue weighted by molar-refractivity contribution is -0.385. The van der Waals surface area contributed by atoms with Gasteiger partial charge in [-0.25, -0.2) is 71.8 Å². The quantitative estimate of drug-likeness (QED) is 0.00609. The van der Waals surface area contributed by atoms with Gasteiger partial charge in [0, 0.05) is 157 Å². The molecule has 4 N–H and O–H groups in total. The van der Waals surface area contributed by atoms with Crippen LogP contribution in [-0.2, 0) is 22.6 Å². The molecule has 14 rings (SSSR count). The van der Waals surface area contributed by atoms with E-state index < -0.39 is 134 Å². The Morgan fingerprint density at radius 2 is 0.789 bits per heavy atom. The van der Waals surface area contributed by atoms with Crippen LogP contribution in [0.25, 0.3) is 0 Å². The number of aldehydes is 1. The molecule has 0 radical (unpaired) electrons. The highest BCUT2D eigenvalue weighted by Gasteiger charge is 2.43. The molecule has 128 heavy (non-hydrogen) atoms. The number of benzene rings is 7. The van der Waals surface area contributed by atoms with Crippen LogP contribution in [0.1, 0.15) is 60.2 Å². The summed E-state index contributed by atoms with van der Waals surface area (Å²) < 4.78 is 156. The second-order valence-corrected chi connectivity index (χ2v) is 28.0. The predicted molar refractivity (Wildman–Crippen MR) is 451 cm³/mol. The van der Waals surface area contributed by atoms with Crippen LogP contribution < -0.4 is 26.2 Å². The minimum absolute atomic E-state index is 0.0529. The van der Waals surface area contributed by atoms with Crippen LogP contribution in [0.5, 0.6) is 0 Å². The number of likely N-dealkylation sites (N-methyl/N-ethyl adjacent to an activating group) is 2. The SMILES string of the molecule is C=CC(=O)Cl.CN1CCN(c2ccc(Nc3ncc(F)c(C(F)(F)c4cccc(N)c4)n3)cc2)CC1.CN1CCN(c2ccc(Nc3ncc(F)c(C(F)(F)c4cccc([N+](=O)[O-])c4)n3)cc2)CC1.Fc1cnc(Cl)nc1Cl.O=C(c1cccc([N+](=O)[O-])c1)c1nc(Cl)ncc1F.O=Cc1cccc([N+](=O)[O-])c1.O=[N+]([O-])c1cccc(C(F)(F)c2nc(Cl)ncc2F)c1. The minimum Gasteiger partial charge on any atom is -0.399 e. The van der Waals surface area contributed by atoms with Gasteiger partial charge in [0.05, 0.1) is 50.7 Å². The van der Waals surface area contributed by atoms with Gasteiger partial charge in [-0.3, -0.25) is 54.8 Å². The van der Waals surface area contributed by atoms with Gasteiger partial charge in [-0.1, -0.05) is 78.8 Å². The van der Waals surface area contributed by atoms with Gasteiger partial charge in [-0.15, -0.1) is 0 Å². The number of halogens is 16. The molecular weight excluding hydrogens is 1820 g/mol. The van der Waals surface area contributed by atoms with Gasteiger partial charge in [-0.2, -0.15) is 26.3 Å². The van der Waals surface area contributed by atoms with Crippen LogP contribution in [0, 0.1) is 69.5 Å². The lowest BCUT2D eigenvalue weighted by Crippen LogP contribution is -2.44. The standard InChI is InChI=1S/C22H21F3N6O2.C22H23F3N6.C11H5ClF3N3O2.C11H5ClFN3O3.C7H5NO3.C4HCl2FN2.C3H3ClO/c1-29-9-11-30(12-10-29)17-7-5-16(6-8-17)27-21-26-14-19(23)20(28-21)22(24,25)15-3-2-4-18(13-15)31(32)33;1-30-9-11-31(12-10-30)18-7-5-17(6-8-18)28-21-27-14-19(23)20(29-21)22(24,25)15-3-2-4-16(26)13-15;12-10-16-5-8(13)9(17-10)11(14,15)6-2-1-3-7(4-6)18(19)20;12-11-14-5-8(13)9(15-11)10(17)6-2-1-3-7(4-6)16(18)19;9-5-6-2-1-3-7(4-6)8(10)11;5-3-2(7)1-8-4(6)9-3;1-2-3(4)5/h2-8,13-14H,9-12H2,1H3,(H,26,27,28);2-8,13-14H,9-12,26H2,1H3,(H,27,28,29);1-5H;1-5H;1-5H;1H;2H,1H2. The maximum absolute atomic E-state index is 15.0. The van der Waals surface area contributed by atoms with Gasteiger partial charge in [0.15, 0.2) is 57.0 Å². The number of nitro groups is 4. The monoisotopic (exact) mass is 1880 g/mol. The molecule has 48 heteroatoms. The first-order chi connectivity index (χ1) is 60.6. The Bertz CT molecular complexity index is 5990. The number of nitrogens with one attached hydrogen (secondary N) is 2. The Labute approximate surface area is 741 Å². The van der Waals surface area contributed by atoms with Crippen molar-refractivity contribution in [1.29, 1.82) is 0 Å². The number of rotatable bonds is 20. The third-order valence-electron chi connectivity index (χ3n) is 17.5. The van der Waals surface area contributed by atoms with Crippen LogP contribution in [0.2, 0.25) is 21.0 Å². The lowest BCUT2D eigenvalue weighted by atomic mass is 10.0. The van der Waals surface area contributed by atoms with E-state index in [2.05, 4.69) is 101 Å². The highest BCUT2D eigenvalue weighted by atomic mass is 35.5. The molecule has 5 aromatic heterocycles. The predicted octanol–water partition coefficient (Wildman–Crippen LogP) is 18.0. The maximum Gasteiger partial charge on any atom is 0.318 e. The van der Waals surface area contributed by atoms with E-state index >= 15 is 8.78 Å². The zero-order chi connectivity index (χ0) is 93.9. The second-order valence-electron chi connectivity index (χ2n) is 26.2. The number of ketones is 1. The summed E-state index contributed by atoms with van der Waals surface area (Å²) in [6, 6.07) is 38.0. The van der Waals surface area contributed by atoms with Crippen molar-refractivity contribution in [3.63, 3.8) is 0 Å². The molecule has 0 spiro atoms. The number of carbonyl (C=O) groups excluding carboxylic acids is 3. The molecule has 0 atom stereocenters. The van der Waals surface area contributed by atoms with Crippen molar-refractivity contribution in [3.05, 3.63) is 355 Å². The molecule has 7 heterocycles. The third kappa shape index (κ3) is 28.2. The molecule has 2 fully saturated rings. The van der Waals surface area contributed by atoms with Crippen molar-refractivity contribution in [1.82, 2.24) is 59.6 Å². The summed E-state index contributed by atoms with van der Waals surface area (Å²) in [5, 5.41) is 46.3. The first-order valence-corrected chi connectivity index (χ1v) is 38.1. The highest BCUT2D eigenvalue weighted by Crippen LogP contribution is 2.41.